The Morgan fingerprint density at radius 2 is 2.22 bits per heavy atom. The SMILES string of the molecule is CNC(=O)NC(=O)C(C)N1CC(CN)OCC1C. The van der Waals surface area contributed by atoms with Gasteiger partial charge in [-0.3, -0.25) is 15.0 Å². The molecule has 0 aromatic rings. The molecule has 0 bridgehead atoms. The van der Waals surface area contributed by atoms with Crippen molar-refractivity contribution >= 4 is 11.9 Å². The molecule has 1 aliphatic rings. The summed E-state index contributed by atoms with van der Waals surface area (Å²) < 4.78 is 5.52. The molecular weight excluding hydrogens is 236 g/mol. The number of nitrogens with one attached hydrogen (secondary N) is 2. The molecule has 4 N–H and O–H groups in total. The van der Waals surface area contributed by atoms with E-state index in [1.165, 1.54) is 7.05 Å². The number of carbonyl (C=O) groups is 2. The van der Waals surface area contributed by atoms with Gasteiger partial charge in [0.05, 0.1) is 18.8 Å². The van der Waals surface area contributed by atoms with E-state index in [1.807, 2.05) is 11.8 Å². The van der Waals surface area contributed by atoms with Crippen molar-refractivity contribution in [2.24, 2.45) is 5.73 Å². The van der Waals surface area contributed by atoms with Crippen LogP contribution in [0.2, 0.25) is 0 Å². The van der Waals surface area contributed by atoms with Crippen LogP contribution in [0.3, 0.4) is 0 Å². The normalized spacial score (nSPS) is 26.4. The van der Waals surface area contributed by atoms with Crippen molar-refractivity contribution in [3.63, 3.8) is 0 Å². The number of ether oxygens (including phenoxy) is 1. The second-order valence-electron chi connectivity index (χ2n) is 4.48. The average molecular weight is 258 g/mol. The van der Waals surface area contributed by atoms with E-state index >= 15 is 0 Å². The molecule has 7 nitrogen and oxygen atoms in total. The summed E-state index contributed by atoms with van der Waals surface area (Å²) in [5.74, 6) is -0.320. The van der Waals surface area contributed by atoms with E-state index in [1.54, 1.807) is 6.92 Å². The van der Waals surface area contributed by atoms with Gasteiger partial charge in [-0.25, -0.2) is 4.79 Å². The molecule has 1 aliphatic heterocycles. The average Bonchev–Trinajstić information content (AvgIpc) is 2.38. The van der Waals surface area contributed by atoms with Gasteiger partial charge in [0.15, 0.2) is 0 Å². The number of urea groups is 1. The predicted molar refractivity (Wildman–Crippen MR) is 67.0 cm³/mol. The molecule has 0 saturated carbocycles. The van der Waals surface area contributed by atoms with Crippen molar-refractivity contribution in [1.29, 1.82) is 0 Å². The van der Waals surface area contributed by atoms with Gasteiger partial charge in [-0.05, 0) is 13.8 Å². The number of morpholine rings is 1. The Kier molecular flexibility index (Phi) is 5.52. The van der Waals surface area contributed by atoms with Gasteiger partial charge in [0.1, 0.15) is 0 Å². The van der Waals surface area contributed by atoms with Gasteiger partial charge in [0.25, 0.3) is 0 Å². The summed E-state index contributed by atoms with van der Waals surface area (Å²) >= 11 is 0. The number of hydrogen-bond acceptors (Lipinski definition) is 5. The number of imide groups is 1. The first kappa shape index (κ1) is 14.9. The molecule has 1 saturated heterocycles. The molecule has 1 heterocycles. The minimum absolute atomic E-state index is 0.0588. The van der Waals surface area contributed by atoms with E-state index in [0.717, 1.165) is 0 Å². The second kappa shape index (κ2) is 6.67. The number of nitrogens with two attached hydrogens (primary N) is 1. The van der Waals surface area contributed by atoms with Gasteiger partial charge in [0.2, 0.25) is 5.91 Å². The number of nitrogens with zero attached hydrogens (tertiary/aromatic N) is 1. The maximum absolute atomic E-state index is 11.9. The minimum atomic E-state index is -0.497. The van der Waals surface area contributed by atoms with Crippen LogP contribution in [0.25, 0.3) is 0 Å². The van der Waals surface area contributed by atoms with Gasteiger partial charge in [-0.15, -0.1) is 0 Å². The van der Waals surface area contributed by atoms with Gasteiger partial charge >= 0.3 is 6.03 Å². The topological polar surface area (TPSA) is 96.7 Å². The Balaban J connectivity index is 2.60. The number of carbonyl (C=O) groups excluding carboxylic acids is 2. The molecule has 0 spiro atoms. The Labute approximate surface area is 107 Å². The standard InChI is InChI=1S/C11H22N4O3/c1-7-6-18-9(4-12)5-15(7)8(2)10(16)14-11(17)13-3/h7-9H,4-6,12H2,1-3H3,(H2,13,14,16,17). The van der Waals surface area contributed by atoms with Crippen molar-refractivity contribution in [2.45, 2.75) is 32.0 Å². The van der Waals surface area contributed by atoms with Crippen molar-refractivity contribution in [3.8, 4) is 0 Å². The second-order valence-corrected chi connectivity index (χ2v) is 4.48. The summed E-state index contributed by atoms with van der Waals surface area (Å²) in [5.41, 5.74) is 5.57. The maximum atomic E-state index is 11.9. The van der Waals surface area contributed by atoms with Crippen LogP contribution >= 0.6 is 0 Å². The van der Waals surface area contributed by atoms with E-state index in [9.17, 15) is 9.59 Å². The van der Waals surface area contributed by atoms with Crippen LogP contribution in [-0.4, -0.2) is 61.8 Å². The Morgan fingerprint density at radius 1 is 1.56 bits per heavy atom. The smallest absolute Gasteiger partial charge is 0.321 e. The lowest BCUT2D eigenvalue weighted by atomic mass is 10.1. The van der Waals surface area contributed by atoms with Crippen LogP contribution in [-0.2, 0) is 9.53 Å². The highest BCUT2D eigenvalue weighted by molar-refractivity contribution is 5.96. The third kappa shape index (κ3) is 3.66. The van der Waals surface area contributed by atoms with Gasteiger partial charge < -0.3 is 15.8 Å². The fourth-order valence-corrected chi connectivity index (χ4v) is 1.95. The van der Waals surface area contributed by atoms with Crippen LogP contribution in [0, 0.1) is 0 Å². The van der Waals surface area contributed by atoms with Crippen molar-refractivity contribution in [1.82, 2.24) is 15.5 Å². The molecule has 0 aromatic carbocycles. The fraction of sp³-hybridized carbons (Fsp3) is 0.818. The van der Waals surface area contributed by atoms with E-state index in [2.05, 4.69) is 10.6 Å². The third-order valence-corrected chi connectivity index (χ3v) is 3.16. The molecule has 3 amide bonds. The summed E-state index contributed by atoms with van der Waals surface area (Å²) in [6.45, 7) is 5.32. The molecule has 1 fully saturated rings. The first-order chi connectivity index (χ1) is 8.49. The lowest BCUT2D eigenvalue weighted by Crippen LogP contribution is -2.58. The largest absolute Gasteiger partial charge is 0.374 e. The van der Waals surface area contributed by atoms with Gasteiger partial charge in [-0.2, -0.15) is 0 Å². The highest BCUT2D eigenvalue weighted by Crippen LogP contribution is 2.14. The lowest BCUT2D eigenvalue weighted by molar-refractivity contribution is -0.131. The van der Waals surface area contributed by atoms with Crippen LogP contribution in [0.15, 0.2) is 0 Å². The molecule has 0 radical (unpaired) electrons. The zero-order valence-electron chi connectivity index (χ0n) is 11.1. The highest BCUT2D eigenvalue weighted by atomic mass is 16.5. The molecule has 3 atom stereocenters. The minimum Gasteiger partial charge on any atom is -0.374 e. The Hall–Kier alpha value is -1.18. The van der Waals surface area contributed by atoms with Crippen LogP contribution in [0.5, 0.6) is 0 Å². The Bertz CT molecular complexity index is 311. The Morgan fingerprint density at radius 3 is 2.78 bits per heavy atom. The fourth-order valence-electron chi connectivity index (χ4n) is 1.95. The van der Waals surface area contributed by atoms with E-state index < -0.39 is 12.1 Å². The highest BCUT2D eigenvalue weighted by Gasteiger charge is 2.32. The summed E-state index contributed by atoms with van der Waals surface area (Å²) in [7, 11) is 1.47. The molecule has 0 aromatic heterocycles. The first-order valence-corrected chi connectivity index (χ1v) is 6.09. The summed E-state index contributed by atoms with van der Waals surface area (Å²) in [6.07, 6.45) is -0.0588. The number of hydrogen-bond donors (Lipinski definition) is 3. The first-order valence-electron chi connectivity index (χ1n) is 6.09. The zero-order valence-corrected chi connectivity index (χ0v) is 11.1. The molecule has 104 valence electrons. The number of rotatable bonds is 3. The number of amides is 3. The van der Waals surface area contributed by atoms with Gasteiger partial charge in [-0.1, -0.05) is 0 Å². The lowest BCUT2D eigenvalue weighted by Gasteiger charge is -2.40. The molecule has 1 rings (SSSR count). The summed E-state index contributed by atoms with van der Waals surface area (Å²) in [5, 5.41) is 4.63. The maximum Gasteiger partial charge on any atom is 0.321 e. The molecule has 0 aliphatic carbocycles. The molecular formula is C11H22N4O3. The summed E-state index contributed by atoms with van der Waals surface area (Å²) in [6, 6.07) is -0.767. The van der Waals surface area contributed by atoms with Crippen molar-refractivity contribution < 1.29 is 14.3 Å². The van der Waals surface area contributed by atoms with E-state index in [4.69, 9.17) is 10.5 Å². The van der Waals surface area contributed by atoms with E-state index in [-0.39, 0.29) is 18.1 Å². The molecule has 18 heavy (non-hydrogen) atoms. The molecule has 3 unspecified atom stereocenters. The van der Waals surface area contributed by atoms with Gasteiger partial charge in [0, 0.05) is 26.2 Å². The van der Waals surface area contributed by atoms with Crippen molar-refractivity contribution in [2.75, 3.05) is 26.7 Å². The quantitative estimate of drug-likeness (QED) is 0.596. The van der Waals surface area contributed by atoms with Crippen molar-refractivity contribution in [3.05, 3.63) is 0 Å². The zero-order chi connectivity index (χ0) is 13.7. The third-order valence-electron chi connectivity index (χ3n) is 3.16. The molecule has 7 heteroatoms. The monoisotopic (exact) mass is 258 g/mol. The van der Waals surface area contributed by atoms with Crippen LogP contribution < -0.4 is 16.4 Å². The van der Waals surface area contributed by atoms with E-state index in [0.29, 0.717) is 19.7 Å². The summed E-state index contributed by atoms with van der Waals surface area (Å²) in [4.78, 5) is 25.0. The predicted octanol–water partition coefficient (Wildman–Crippen LogP) is -1.12. The van der Waals surface area contributed by atoms with Crippen LogP contribution in [0.4, 0.5) is 4.79 Å². The van der Waals surface area contributed by atoms with Crippen LogP contribution in [0.1, 0.15) is 13.8 Å².